The van der Waals surface area contributed by atoms with Gasteiger partial charge in [0.2, 0.25) is 5.91 Å². The van der Waals surface area contributed by atoms with E-state index >= 15 is 0 Å². The van der Waals surface area contributed by atoms with Crippen molar-refractivity contribution >= 4 is 5.91 Å². The lowest BCUT2D eigenvalue weighted by Gasteiger charge is -2.26. The van der Waals surface area contributed by atoms with Crippen molar-refractivity contribution in [3.63, 3.8) is 0 Å². The molecule has 116 valence electrons. The molecule has 1 aromatic carbocycles. The fourth-order valence-corrected chi connectivity index (χ4v) is 2.81. The first-order valence-corrected chi connectivity index (χ1v) is 8.28. The number of carbonyl (C=O) groups excluding carboxylic acids is 1. The molecule has 0 atom stereocenters. The van der Waals surface area contributed by atoms with Gasteiger partial charge in [0.05, 0.1) is 0 Å². The summed E-state index contributed by atoms with van der Waals surface area (Å²) in [6.07, 6.45) is 6.54. The Balaban J connectivity index is 1.54. The van der Waals surface area contributed by atoms with Crippen LogP contribution in [0.15, 0.2) is 24.3 Å². The van der Waals surface area contributed by atoms with Crippen LogP contribution in [0.1, 0.15) is 43.2 Å². The minimum Gasteiger partial charge on any atom is -0.356 e. The van der Waals surface area contributed by atoms with Crippen LogP contribution in [0.25, 0.3) is 0 Å². The van der Waals surface area contributed by atoms with Crippen LogP contribution in [0.3, 0.4) is 0 Å². The summed E-state index contributed by atoms with van der Waals surface area (Å²) in [6.45, 7) is 6.49. The summed E-state index contributed by atoms with van der Waals surface area (Å²) >= 11 is 0. The van der Waals surface area contributed by atoms with Gasteiger partial charge in [0, 0.05) is 13.0 Å². The second-order valence-electron chi connectivity index (χ2n) is 6.09. The molecule has 2 rings (SSSR count). The molecule has 0 spiro atoms. The molecule has 1 aliphatic heterocycles. The van der Waals surface area contributed by atoms with E-state index in [2.05, 4.69) is 41.4 Å². The van der Waals surface area contributed by atoms with Crippen LogP contribution < -0.4 is 5.32 Å². The summed E-state index contributed by atoms with van der Waals surface area (Å²) in [5, 5.41) is 3.04. The highest BCUT2D eigenvalue weighted by atomic mass is 16.1. The van der Waals surface area contributed by atoms with E-state index in [1.54, 1.807) is 0 Å². The number of nitrogens with one attached hydrogen (secondary N) is 1. The molecule has 21 heavy (non-hydrogen) atoms. The van der Waals surface area contributed by atoms with Gasteiger partial charge in [-0.25, -0.2) is 0 Å². The van der Waals surface area contributed by atoms with E-state index in [9.17, 15) is 4.79 Å². The van der Waals surface area contributed by atoms with Gasteiger partial charge in [-0.3, -0.25) is 4.79 Å². The van der Waals surface area contributed by atoms with Crippen molar-refractivity contribution in [2.75, 3.05) is 26.2 Å². The smallest absolute Gasteiger partial charge is 0.220 e. The Labute approximate surface area is 128 Å². The van der Waals surface area contributed by atoms with E-state index in [1.165, 1.54) is 43.5 Å². The maximum absolute atomic E-state index is 11.8. The number of aryl methyl sites for hydroxylation is 2. The molecule has 3 nitrogen and oxygen atoms in total. The van der Waals surface area contributed by atoms with Gasteiger partial charge in [0.1, 0.15) is 0 Å². The minimum absolute atomic E-state index is 0.175. The fourth-order valence-electron chi connectivity index (χ4n) is 2.81. The highest BCUT2D eigenvalue weighted by Crippen LogP contribution is 2.08. The third-order valence-corrected chi connectivity index (χ3v) is 4.18. The minimum atomic E-state index is 0.175. The standard InChI is InChI=1S/C18H28N2O/c1-16-6-8-17(9-7-16)10-11-18(21)19-12-5-15-20-13-3-2-4-14-20/h6-9H,2-5,10-15H2,1H3,(H,19,21). The predicted molar refractivity (Wildman–Crippen MR) is 87.4 cm³/mol. The summed E-state index contributed by atoms with van der Waals surface area (Å²) in [7, 11) is 0. The molecule has 3 heteroatoms. The third-order valence-electron chi connectivity index (χ3n) is 4.18. The molecule has 0 unspecified atom stereocenters. The summed E-state index contributed by atoms with van der Waals surface area (Å²) in [4.78, 5) is 14.3. The Morgan fingerprint density at radius 1 is 1.14 bits per heavy atom. The van der Waals surface area contributed by atoms with Gasteiger partial charge in [-0.15, -0.1) is 0 Å². The van der Waals surface area contributed by atoms with Crippen LogP contribution in [-0.4, -0.2) is 37.0 Å². The van der Waals surface area contributed by atoms with Crippen molar-refractivity contribution in [3.8, 4) is 0 Å². The molecule has 1 fully saturated rings. The number of carbonyl (C=O) groups is 1. The lowest BCUT2D eigenvalue weighted by Crippen LogP contribution is -2.33. The van der Waals surface area contributed by atoms with Gasteiger partial charge < -0.3 is 10.2 Å². The topological polar surface area (TPSA) is 32.3 Å². The molecular weight excluding hydrogens is 260 g/mol. The highest BCUT2D eigenvalue weighted by molar-refractivity contribution is 5.76. The van der Waals surface area contributed by atoms with Crippen molar-refractivity contribution in [1.82, 2.24) is 10.2 Å². The first-order valence-electron chi connectivity index (χ1n) is 8.28. The maximum atomic E-state index is 11.8. The lowest BCUT2D eigenvalue weighted by atomic mass is 10.1. The summed E-state index contributed by atoms with van der Waals surface area (Å²) in [5.74, 6) is 0.175. The van der Waals surface area contributed by atoms with Gasteiger partial charge in [-0.2, -0.15) is 0 Å². The molecule has 0 aliphatic carbocycles. The first kappa shape index (κ1) is 16.0. The van der Waals surface area contributed by atoms with Crippen molar-refractivity contribution in [2.24, 2.45) is 0 Å². The number of hydrogen-bond donors (Lipinski definition) is 1. The number of hydrogen-bond acceptors (Lipinski definition) is 2. The largest absolute Gasteiger partial charge is 0.356 e. The number of nitrogens with zero attached hydrogens (tertiary/aromatic N) is 1. The van der Waals surface area contributed by atoms with Gasteiger partial charge >= 0.3 is 0 Å². The second kappa shape index (κ2) is 8.83. The molecule has 1 saturated heterocycles. The van der Waals surface area contributed by atoms with Gasteiger partial charge in [0.25, 0.3) is 0 Å². The van der Waals surface area contributed by atoms with Crippen LogP contribution in [0.4, 0.5) is 0 Å². The number of amides is 1. The van der Waals surface area contributed by atoms with E-state index in [4.69, 9.17) is 0 Å². The summed E-state index contributed by atoms with van der Waals surface area (Å²) in [5.41, 5.74) is 2.50. The number of rotatable bonds is 7. The highest BCUT2D eigenvalue weighted by Gasteiger charge is 2.09. The Morgan fingerprint density at radius 3 is 2.57 bits per heavy atom. The predicted octanol–water partition coefficient (Wildman–Crippen LogP) is 2.92. The number of benzene rings is 1. The zero-order valence-electron chi connectivity index (χ0n) is 13.2. The average Bonchev–Trinajstić information content (AvgIpc) is 2.52. The van der Waals surface area contributed by atoms with E-state index in [-0.39, 0.29) is 5.91 Å². The van der Waals surface area contributed by atoms with Crippen LogP contribution >= 0.6 is 0 Å². The average molecular weight is 288 g/mol. The van der Waals surface area contributed by atoms with Crippen molar-refractivity contribution in [1.29, 1.82) is 0 Å². The quantitative estimate of drug-likeness (QED) is 0.782. The molecular formula is C18H28N2O. The SMILES string of the molecule is Cc1ccc(CCC(=O)NCCCN2CCCCC2)cc1. The third kappa shape index (κ3) is 6.30. The normalized spacial score (nSPS) is 15.9. The van der Waals surface area contributed by atoms with E-state index in [0.29, 0.717) is 6.42 Å². The van der Waals surface area contributed by atoms with Gasteiger partial charge in [-0.05, 0) is 57.8 Å². The molecule has 1 aromatic rings. The van der Waals surface area contributed by atoms with E-state index in [0.717, 1.165) is 25.9 Å². The first-order chi connectivity index (χ1) is 10.2. The van der Waals surface area contributed by atoms with Gasteiger partial charge in [-0.1, -0.05) is 36.2 Å². The Hall–Kier alpha value is -1.35. The molecule has 1 amide bonds. The second-order valence-corrected chi connectivity index (χ2v) is 6.09. The molecule has 0 aromatic heterocycles. The van der Waals surface area contributed by atoms with Crippen molar-refractivity contribution in [2.45, 2.75) is 45.4 Å². The van der Waals surface area contributed by atoms with E-state index < -0.39 is 0 Å². The molecule has 0 radical (unpaired) electrons. The zero-order valence-corrected chi connectivity index (χ0v) is 13.2. The van der Waals surface area contributed by atoms with Crippen molar-refractivity contribution in [3.05, 3.63) is 35.4 Å². The van der Waals surface area contributed by atoms with Gasteiger partial charge in [0.15, 0.2) is 0 Å². The maximum Gasteiger partial charge on any atom is 0.220 e. The van der Waals surface area contributed by atoms with Crippen molar-refractivity contribution < 1.29 is 4.79 Å². The van der Waals surface area contributed by atoms with Crippen LogP contribution in [0, 0.1) is 6.92 Å². The number of piperidine rings is 1. The molecule has 0 saturated carbocycles. The number of likely N-dealkylation sites (tertiary alicyclic amines) is 1. The zero-order chi connectivity index (χ0) is 14.9. The Morgan fingerprint density at radius 2 is 1.86 bits per heavy atom. The molecule has 0 bridgehead atoms. The van der Waals surface area contributed by atoms with Crippen LogP contribution in [0.2, 0.25) is 0 Å². The molecule has 1 aliphatic rings. The Bertz CT molecular complexity index is 421. The van der Waals surface area contributed by atoms with Crippen LogP contribution in [-0.2, 0) is 11.2 Å². The monoisotopic (exact) mass is 288 g/mol. The lowest BCUT2D eigenvalue weighted by molar-refractivity contribution is -0.121. The summed E-state index contributed by atoms with van der Waals surface area (Å²) < 4.78 is 0. The molecule has 1 N–H and O–H groups in total. The van der Waals surface area contributed by atoms with E-state index in [1.807, 2.05) is 0 Å². The Kier molecular flexibility index (Phi) is 6.74. The fraction of sp³-hybridized carbons (Fsp3) is 0.611. The van der Waals surface area contributed by atoms with Crippen LogP contribution in [0.5, 0.6) is 0 Å². The summed E-state index contributed by atoms with van der Waals surface area (Å²) in [6, 6.07) is 8.43. The molecule has 1 heterocycles.